The fraction of sp³-hybridized carbons (Fsp3) is 0.200. The van der Waals surface area contributed by atoms with Crippen molar-refractivity contribution in [2.24, 2.45) is 0 Å². The van der Waals surface area contributed by atoms with Crippen LogP contribution in [-0.4, -0.2) is 20.9 Å². The van der Waals surface area contributed by atoms with Crippen LogP contribution in [0.25, 0.3) is 0 Å². The van der Waals surface area contributed by atoms with Gasteiger partial charge < -0.3 is 4.74 Å². The van der Waals surface area contributed by atoms with E-state index < -0.39 is 12.1 Å². The SMILES string of the molecule is O=C(O[C@H](c1ccccc1)c1cccnc1)c1ccnc(C2CC2)n1. The van der Waals surface area contributed by atoms with Gasteiger partial charge in [-0.05, 0) is 30.5 Å². The van der Waals surface area contributed by atoms with Gasteiger partial charge in [-0.15, -0.1) is 0 Å². The minimum Gasteiger partial charge on any atom is -0.448 e. The maximum Gasteiger partial charge on any atom is 0.358 e. The summed E-state index contributed by atoms with van der Waals surface area (Å²) in [6, 6.07) is 15.0. The molecule has 0 bridgehead atoms. The van der Waals surface area contributed by atoms with E-state index in [-0.39, 0.29) is 0 Å². The number of ether oxygens (including phenoxy) is 1. The average Bonchev–Trinajstić information content (AvgIpc) is 3.53. The van der Waals surface area contributed by atoms with E-state index in [2.05, 4.69) is 15.0 Å². The number of hydrogen-bond donors (Lipinski definition) is 0. The fourth-order valence-electron chi connectivity index (χ4n) is 2.68. The lowest BCUT2D eigenvalue weighted by Crippen LogP contribution is -2.15. The Morgan fingerprint density at radius 2 is 1.80 bits per heavy atom. The third kappa shape index (κ3) is 3.55. The summed E-state index contributed by atoms with van der Waals surface area (Å²) in [7, 11) is 0. The summed E-state index contributed by atoms with van der Waals surface area (Å²) in [5.74, 6) is 0.657. The van der Waals surface area contributed by atoms with Gasteiger partial charge in [0.05, 0.1) is 0 Å². The first-order valence-electron chi connectivity index (χ1n) is 8.30. The number of carbonyl (C=O) groups is 1. The molecule has 2 heterocycles. The van der Waals surface area contributed by atoms with Crippen LogP contribution in [0.1, 0.15) is 52.3 Å². The Balaban J connectivity index is 1.62. The van der Waals surface area contributed by atoms with Gasteiger partial charge in [0.2, 0.25) is 0 Å². The lowest BCUT2D eigenvalue weighted by Gasteiger charge is -2.18. The predicted molar refractivity (Wildman–Crippen MR) is 91.9 cm³/mol. The van der Waals surface area contributed by atoms with Crippen molar-refractivity contribution in [3.8, 4) is 0 Å². The van der Waals surface area contributed by atoms with Crippen molar-refractivity contribution in [2.45, 2.75) is 24.9 Å². The van der Waals surface area contributed by atoms with Gasteiger partial charge in [0.25, 0.3) is 0 Å². The molecule has 3 aromatic rings. The lowest BCUT2D eigenvalue weighted by atomic mass is 10.0. The largest absolute Gasteiger partial charge is 0.448 e. The van der Waals surface area contributed by atoms with E-state index in [1.165, 1.54) is 0 Å². The van der Waals surface area contributed by atoms with E-state index in [9.17, 15) is 4.79 Å². The van der Waals surface area contributed by atoms with Gasteiger partial charge in [-0.1, -0.05) is 36.4 Å². The first-order chi connectivity index (χ1) is 12.3. The van der Waals surface area contributed by atoms with E-state index in [0.29, 0.717) is 11.6 Å². The van der Waals surface area contributed by atoms with Crippen molar-refractivity contribution < 1.29 is 9.53 Å². The van der Waals surface area contributed by atoms with Crippen LogP contribution in [0.4, 0.5) is 0 Å². The number of pyridine rings is 1. The summed E-state index contributed by atoms with van der Waals surface area (Å²) in [6.07, 6.45) is 6.67. The average molecular weight is 331 g/mol. The molecule has 0 N–H and O–H groups in total. The predicted octanol–water partition coefficient (Wildman–Crippen LogP) is 3.70. The minimum absolute atomic E-state index is 0.293. The van der Waals surface area contributed by atoms with E-state index in [1.807, 2.05) is 42.5 Å². The van der Waals surface area contributed by atoms with Crippen LogP contribution in [0.5, 0.6) is 0 Å². The lowest BCUT2D eigenvalue weighted by molar-refractivity contribution is 0.0370. The molecule has 5 heteroatoms. The number of hydrogen-bond acceptors (Lipinski definition) is 5. The quantitative estimate of drug-likeness (QED) is 0.667. The second-order valence-electron chi connectivity index (χ2n) is 6.06. The normalized spacial score (nSPS) is 14.7. The third-order valence-electron chi connectivity index (χ3n) is 4.14. The summed E-state index contributed by atoms with van der Waals surface area (Å²) < 4.78 is 5.79. The molecular formula is C20H17N3O2. The maximum atomic E-state index is 12.7. The van der Waals surface area contributed by atoms with Crippen LogP contribution in [-0.2, 0) is 4.74 Å². The number of nitrogens with zero attached hydrogens (tertiary/aromatic N) is 3. The smallest absolute Gasteiger partial charge is 0.358 e. The highest BCUT2D eigenvalue weighted by Gasteiger charge is 2.28. The highest BCUT2D eigenvalue weighted by Crippen LogP contribution is 2.37. The summed E-state index contributed by atoms with van der Waals surface area (Å²) in [6.45, 7) is 0. The molecule has 0 saturated heterocycles. The van der Waals surface area contributed by atoms with Crippen LogP contribution in [0, 0.1) is 0 Å². The highest BCUT2D eigenvalue weighted by molar-refractivity contribution is 5.87. The van der Waals surface area contributed by atoms with E-state index in [1.54, 1.807) is 24.7 Å². The van der Waals surface area contributed by atoms with E-state index in [4.69, 9.17) is 4.74 Å². The van der Waals surface area contributed by atoms with Gasteiger partial charge in [0.15, 0.2) is 11.8 Å². The van der Waals surface area contributed by atoms with Crippen LogP contribution in [0.15, 0.2) is 67.1 Å². The topological polar surface area (TPSA) is 65.0 Å². The molecule has 124 valence electrons. The van der Waals surface area contributed by atoms with Crippen LogP contribution in [0.2, 0.25) is 0 Å². The number of esters is 1. The monoisotopic (exact) mass is 331 g/mol. The first-order valence-corrected chi connectivity index (χ1v) is 8.30. The first kappa shape index (κ1) is 15.4. The zero-order chi connectivity index (χ0) is 17.1. The molecule has 0 aliphatic heterocycles. The molecule has 4 rings (SSSR count). The molecule has 5 nitrogen and oxygen atoms in total. The second-order valence-corrected chi connectivity index (χ2v) is 6.06. The van der Waals surface area contributed by atoms with Gasteiger partial charge in [-0.2, -0.15) is 0 Å². The van der Waals surface area contributed by atoms with Crippen molar-refractivity contribution >= 4 is 5.97 Å². The molecule has 25 heavy (non-hydrogen) atoms. The van der Waals surface area contributed by atoms with Gasteiger partial charge in [-0.3, -0.25) is 4.98 Å². The van der Waals surface area contributed by atoms with Crippen molar-refractivity contribution in [1.29, 1.82) is 0 Å². The molecule has 0 spiro atoms. The molecule has 1 saturated carbocycles. The van der Waals surface area contributed by atoms with Gasteiger partial charge in [0, 0.05) is 30.1 Å². The third-order valence-corrected chi connectivity index (χ3v) is 4.14. The van der Waals surface area contributed by atoms with Gasteiger partial charge in [-0.25, -0.2) is 14.8 Å². The van der Waals surface area contributed by atoms with Crippen LogP contribution in [0.3, 0.4) is 0 Å². The molecule has 0 amide bonds. The van der Waals surface area contributed by atoms with Crippen LogP contribution >= 0.6 is 0 Å². The van der Waals surface area contributed by atoms with Crippen LogP contribution < -0.4 is 0 Å². The molecule has 0 radical (unpaired) electrons. The minimum atomic E-state index is -0.526. The maximum absolute atomic E-state index is 12.7. The van der Waals surface area contributed by atoms with Crippen molar-refractivity contribution in [1.82, 2.24) is 15.0 Å². The standard InChI is InChI=1S/C20H17N3O2/c24-20(17-10-12-22-19(23-17)15-8-9-15)25-18(14-5-2-1-3-6-14)16-7-4-11-21-13-16/h1-7,10-13,15,18H,8-9H2/t18-/m1/s1. The summed E-state index contributed by atoms with van der Waals surface area (Å²) in [5, 5.41) is 0. The zero-order valence-corrected chi connectivity index (χ0v) is 13.6. The molecule has 2 aromatic heterocycles. The molecular weight excluding hydrogens is 314 g/mol. The Hall–Kier alpha value is -3.08. The molecule has 1 fully saturated rings. The number of rotatable bonds is 5. The number of carbonyl (C=O) groups excluding carboxylic acids is 1. The zero-order valence-electron chi connectivity index (χ0n) is 13.6. The Kier molecular flexibility index (Phi) is 4.21. The molecule has 0 unspecified atom stereocenters. The van der Waals surface area contributed by atoms with Crippen molar-refractivity contribution in [2.75, 3.05) is 0 Å². The second kappa shape index (κ2) is 6.81. The van der Waals surface area contributed by atoms with Gasteiger partial charge in [0.1, 0.15) is 5.82 Å². The Labute approximate surface area is 145 Å². The Morgan fingerprint density at radius 1 is 1.00 bits per heavy atom. The number of aromatic nitrogens is 3. The highest BCUT2D eigenvalue weighted by atomic mass is 16.5. The molecule has 1 aromatic carbocycles. The Bertz CT molecular complexity index is 825. The summed E-state index contributed by atoms with van der Waals surface area (Å²) in [4.78, 5) is 25.4. The van der Waals surface area contributed by atoms with E-state index >= 15 is 0 Å². The summed E-state index contributed by atoms with van der Waals surface area (Å²) >= 11 is 0. The van der Waals surface area contributed by atoms with Crippen molar-refractivity contribution in [3.63, 3.8) is 0 Å². The van der Waals surface area contributed by atoms with E-state index in [0.717, 1.165) is 29.8 Å². The fourth-order valence-corrected chi connectivity index (χ4v) is 2.68. The summed E-state index contributed by atoms with van der Waals surface area (Å²) in [5.41, 5.74) is 2.00. The Morgan fingerprint density at radius 3 is 2.52 bits per heavy atom. The molecule has 1 aliphatic rings. The number of benzene rings is 1. The molecule has 1 atom stereocenters. The van der Waals surface area contributed by atoms with Gasteiger partial charge >= 0.3 is 5.97 Å². The van der Waals surface area contributed by atoms with Crippen molar-refractivity contribution in [3.05, 3.63) is 89.8 Å². The molecule has 1 aliphatic carbocycles.